The Morgan fingerprint density at radius 3 is 2.52 bits per heavy atom. The van der Waals surface area contributed by atoms with Gasteiger partial charge >= 0.3 is 0 Å². The van der Waals surface area contributed by atoms with Crippen LogP contribution in [0.1, 0.15) is 51.0 Å². The number of nitrogens with zero attached hydrogens (tertiary/aromatic N) is 2. The van der Waals surface area contributed by atoms with Crippen LogP contribution in [0.2, 0.25) is 0 Å². The van der Waals surface area contributed by atoms with E-state index in [-0.39, 0.29) is 36.1 Å². The van der Waals surface area contributed by atoms with E-state index in [9.17, 15) is 8.78 Å². The first-order valence-electron chi connectivity index (χ1n) is 9.88. The van der Waals surface area contributed by atoms with E-state index >= 15 is 0 Å². The zero-order chi connectivity index (χ0) is 18.4. The minimum absolute atomic E-state index is 0. The molecular formula is C20H31F2IN4. The van der Waals surface area contributed by atoms with E-state index in [1.165, 1.54) is 31.7 Å². The van der Waals surface area contributed by atoms with Crippen molar-refractivity contribution in [1.82, 2.24) is 15.5 Å². The van der Waals surface area contributed by atoms with Crippen molar-refractivity contribution < 1.29 is 8.78 Å². The predicted octanol–water partition coefficient (Wildman–Crippen LogP) is 4.04. The molecule has 2 aliphatic rings. The maximum atomic E-state index is 13.8. The van der Waals surface area contributed by atoms with Gasteiger partial charge in [0.1, 0.15) is 11.6 Å². The molecule has 1 aromatic rings. The van der Waals surface area contributed by atoms with Crippen molar-refractivity contribution in [1.29, 1.82) is 0 Å². The van der Waals surface area contributed by atoms with Crippen LogP contribution < -0.4 is 10.6 Å². The third-order valence-corrected chi connectivity index (χ3v) is 5.47. The Balaban J connectivity index is 0.00000261. The van der Waals surface area contributed by atoms with E-state index in [1.807, 2.05) is 6.92 Å². The van der Waals surface area contributed by atoms with Crippen LogP contribution in [0.3, 0.4) is 0 Å². The van der Waals surface area contributed by atoms with Gasteiger partial charge in [0.25, 0.3) is 0 Å². The summed E-state index contributed by atoms with van der Waals surface area (Å²) in [5.41, 5.74) is 0.276. The summed E-state index contributed by atoms with van der Waals surface area (Å²) in [6.45, 7) is 5.11. The van der Waals surface area contributed by atoms with Crippen molar-refractivity contribution in [2.45, 2.75) is 64.1 Å². The van der Waals surface area contributed by atoms with Gasteiger partial charge in [0.15, 0.2) is 5.96 Å². The normalized spacial score (nSPS) is 19.7. The molecule has 0 bridgehead atoms. The molecule has 1 heterocycles. The molecule has 2 N–H and O–H groups in total. The fourth-order valence-electron chi connectivity index (χ4n) is 4.02. The van der Waals surface area contributed by atoms with E-state index in [0.29, 0.717) is 12.0 Å². The molecule has 0 spiro atoms. The summed E-state index contributed by atoms with van der Waals surface area (Å²) in [6, 6.07) is 4.66. The third-order valence-electron chi connectivity index (χ3n) is 5.47. The number of hydrogen-bond donors (Lipinski definition) is 2. The summed E-state index contributed by atoms with van der Waals surface area (Å²) in [5.74, 6) is -0.180. The van der Waals surface area contributed by atoms with E-state index in [1.54, 1.807) is 0 Å². The quantitative estimate of drug-likeness (QED) is 0.370. The first-order chi connectivity index (χ1) is 12.7. The Labute approximate surface area is 178 Å². The Morgan fingerprint density at radius 2 is 1.85 bits per heavy atom. The topological polar surface area (TPSA) is 39.7 Å². The van der Waals surface area contributed by atoms with E-state index in [0.717, 1.165) is 50.7 Å². The van der Waals surface area contributed by atoms with Gasteiger partial charge in [-0.15, -0.1) is 24.0 Å². The molecule has 27 heavy (non-hydrogen) atoms. The highest BCUT2D eigenvalue weighted by molar-refractivity contribution is 14.0. The fraction of sp³-hybridized carbons (Fsp3) is 0.650. The SMILES string of the molecule is CCNC(=NCc1cc(F)ccc1F)NC1CCN(C2CCCC2)CC1.I. The van der Waals surface area contributed by atoms with Gasteiger partial charge in [0, 0.05) is 37.3 Å². The summed E-state index contributed by atoms with van der Waals surface area (Å²) in [5, 5.41) is 6.68. The second-order valence-electron chi connectivity index (χ2n) is 7.32. The highest BCUT2D eigenvalue weighted by atomic mass is 127. The summed E-state index contributed by atoms with van der Waals surface area (Å²) >= 11 is 0. The number of hydrogen-bond acceptors (Lipinski definition) is 2. The van der Waals surface area contributed by atoms with Crippen LogP contribution in [-0.4, -0.2) is 42.6 Å². The van der Waals surface area contributed by atoms with E-state index in [4.69, 9.17) is 0 Å². The van der Waals surface area contributed by atoms with E-state index in [2.05, 4.69) is 20.5 Å². The second kappa shape index (κ2) is 11.1. The summed E-state index contributed by atoms with van der Waals surface area (Å²) in [6.07, 6.45) is 7.63. The minimum atomic E-state index is -0.436. The van der Waals surface area contributed by atoms with Crippen LogP contribution in [0.5, 0.6) is 0 Å². The number of rotatable bonds is 5. The zero-order valence-corrected chi connectivity index (χ0v) is 18.3. The van der Waals surface area contributed by atoms with Crippen molar-refractivity contribution >= 4 is 29.9 Å². The lowest BCUT2D eigenvalue weighted by Gasteiger charge is -2.36. The maximum Gasteiger partial charge on any atom is 0.191 e. The van der Waals surface area contributed by atoms with Crippen LogP contribution in [-0.2, 0) is 6.54 Å². The maximum absolute atomic E-state index is 13.8. The molecule has 3 rings (SSSR count). The second-order valence-corrected chi connectivity index (χ2v) is 7.32. The number of benzene rings is 1. The smallest absolute Gasteiger partial charge is 0.191 e. The van der Waals surface area contributed by atoms with Gasteiger partial charge < -0.3 is 15.5 Å². The largest absolute Gasteiger partial charge is 0.357 e. The first-order valence-corrected chi connectivity index (χ1v) is 9.88. The van der Waals surface area contributed by atoms with Crippen molar-refractivity contribution in [3.05, 3.63) is 35.4 Å². The number of piperidine rings is 1. The van der Waals surface area contributed by atoms with Crippen LogP contribution in [0, 0.1) is 11.6 Å². The lowest BCUT2D eigenvalue weighted by molar-refractivity contribution is 0.150. The van der Waals surface area contributed by atoms with Gasteiger partial charge in [-0.05, 0) is 50.8 Å². The van der Waals surface area contributed by atoms with Gasteiger partial charge in [-0.1, -0.05) is 12.8 Å². The zero-order valence-electron chi connectivity index (χ0n) is 16.0. The Hall–Kier alpha value is -0.960. The standard InChI is InChI=1S/C20H30F2N4.HI/c1-2-23-20(24-14-15-13-16(21)7-8-19(15)22)25-17-9-11-26(12-10-17)18-5-3-4-6-18;/h7-8,13,17-18H,2-6,9-12,14H2,1H3,(H2,23,24,25);1H. The summed E-state index contributed by atoms with van der Waals surface area (Å²) < 4.78 is 27.1. The predicted molar refractivity (Wildman–Crippen MR) is 117 cm³/mol. The van der Waals surface area contributed by atoms with Crippen molar-refractivity contribution in [3.8, 4) is 0 Å². The lowest BCUT2D eigenvalue weighted by atomic mass is 10.0. The molecule has 1 saturated carbocycles. The summed E-state index contributed by atoms with van der Waals surface area (Å²) in [7, 11) is 0. The molecule has 7 heteroatoms. The van der Waals surface area contributed by atoms with Gasteiger partial charge in [-0.3, -0.25) is 0 Å². The summed E-state index contributed by atoms with van der Waals surface area (Å²) in [4.78, 5) is 7.09. The van der Waals surface area contributed by atoms with Crippen LogP contribution in [0.4, 0.5) is 8.78 Å². The number of guanidine groups is 1. The van der Waals surface area contributed by atoms with Gasteiger partial charge in [0.05, 0.1) is 6.54 Å². The van der Waals surface area contributed by atoms with Crippen LogP contribution >= 0.6 is 24.0 Å². The van der Waals surface area contributed by atoms with Gasteiger partial charge in [-0.25, -0.2) is 13.8 Å². The number of likely N-dealkylation sites (tertiary alicyclic amines) is 1. The van der Waals surface area contributed by atoms with Gasteiger partial charge in [0.2, 0.25) is 0 Å². The Bertz CT molecular complexity index is 612. The molecule has 152 valence electrons. The van der Waals surface area contributed by atoms with Crippen molar-refractivity contribution in [3.63, 3.8) is 0 Å². The Kier molecular flexibility index (Phi) is 9.21. The molecule has 0 amide bonds. The molecule has 1 aliphatic carbocycles. The number of halogens is 3. The minimum Gasteiger partial charge on any atom is -0.357 e. The highest BCUT2D eigenvalue weighted by Gasteiger charge is 2.27. The number of aliphatic imine (C=N–C) groups is 1. The monoisotopic (exact) mass is 492 g/mol. The van der Waals surface area contributed by atoms with Crippen LogP contribution in [0.15, 0.2) is 23.2 Å². The molecule has 1 aliphatic heterocycles. The average molecular weight is 492 g/mol. The first kappa shape index (κ1) is 22.3. The molecule has 0 unspecified atom stereocenters. The van der Waals surface area contributed by atoms with Gasteiger partial charge in [-0.2, -0.15) is 0 Å². The molecule has 0 radical (unpaired) electrons. The van der Waals surface area contributed by atoms with E-state index < -0.39 is 11.6 Å². The van der Waals surface area contributed by atoms with Crippen molar-refractivity contribution in [2.24, 2.45) is 4.99 Å². The third kappa shape index (κ3) is 6.55. The highest BCUT2D eigenvalue weighted by Crippen LogP contribution is 2.26. The van der Waals surface area contributed by atoms with Crippen molar-refractivity contribution in [2.75, 3.05) is 19.6 Å². The molecular weight excluding hydrogens is 461 g/mol. The lowest BCUT2D eigenvalue weighted by Crippen LogP contribution is -2.50. The molecule has 4 nitrogen and oxygen atoms in total. The molecule has 1 saturated heterocycles. The molecule has 0 atom stereocenters. The Morgan fingerprint density at radius 1 is 1.15 bits per heavy atom. The molecule has 1 aromatic carbocycles. The van der Waals surface area contributed by atoms with Crippen LogP contribution in [0.25, 0.3) is 0 Å². The fourth-order valence-corrected chi connectivity index (χ4v) is 4.02. The number of nitrogens with one attached hydrogen (secondary N) is 2. The molecule has 0 aromatic heterocycles. The molecule has 2 fully saturated rings. The average Bonchev–Trinajstić information content (AvgIpc) is 3.18.